The number of carbonyl (C=O) groups excluding carboxylic acids is 1. The summed E-state index contributed by atoms with van der Waals surface area (Å²) < 4.78 is 5.26. The summed E-state index contributed by atoms with van der Waals surface area (Å²) in [5.41, 5.74) is 7.94. The molecule has 2 heterocycles. The number of halogens is 1. The second-order valence-electron chi connectivity index (χ2n) is 9.99. The van der Waals surface area contributed by atoms with Crippen LogP contribution in [0.1, 0.15) is 44.1 Å². The van der Waals surface area contributed by atoms with Crippen LogP contribution in [0.2, 0.25) is 5.02 Å². The molecule has 3 atom stereocenters. The van der Waals surface area contributed by atoms with E-state index in [9.17, 15) is 9.90 Å². The van der Waals surface area contributed by atoms with Crippen LogP contribution in [-0.2, 0) is 10.3 Å². The SMILES string of the molecule is COCCCC[C@@](O)(c1ccccc1-c1ccc(Cl)cc1)C1CCCN(C(=O)N2CCC(N)C2)C1. The van der Waals surface area contributed by atoms with Crippen LogP contribution in [0, 0.1) is 5.92 Å². The molecule has 6 nitrogen and oxygen atoms in total. The first-order chi connectivity index (χ1) is 16.9. The first-order valence-corrected chi connectivity index (χ1v) is 13.2. The number of hydrogen-bond donors (Lipinski definition) is 2. The van der Waals surface area contributed by atoms with Gasteiger partial charge in [0.25, 0.3) is 0 Å². The van der Waals surface area contributed by atoms with Crippen molar-refractivity contribution < 1.29 is 14.6 Å². The number of benzene rings is 2. The van der Waals surface area contributed by atoms with E-state index >= 15 is 0 Å². The van der Waals surface area contributed by atoms with Crippen molar-refractivity contribution in [2.24, 2.45) is 11.7 Å². The maximum atomic E-state index is 13.3. The molecule has 2 unspecified atom stereocenters. The van der Waals surface area contributed by atoms with Gasteiger partial charge >= 0.3 is 6.03 Å². The molecule has 7 heteroatoms. The molecule has 0 aliphatic carbocycles. The molecule has 2 fully saturated rings. The summed E-state index contributed by atoms with van der Waals surface area (Å²) in [5, 5.41) is 13.2. The van der Waals surface area contributed by atoms with Gasteiger partial charge in [-0.1, -0.05) is 48.0 Å². The number of methoxy groups -OCH3 is 1. The van der Waals surface area contributed by atoms with Gasteiger partial charge in [0, 0.05) is 56.9 Å². The van der Waals surface area contributed by atoms with Gasteiger partial charge in [0.15, 0.2) is 0 Å². The van der Waals surface area contributed by atoms with Crippen molar-refractivity contribution in [2.75, 3.05) is 39.9 Å². The lowest BCUT2D eigenvalue weighted by atomic mass is 9.72. The first-order valence-electron chi connectivity index (χ1n) is 12.8. The largest absolute Gasteiger partial charge is 0.385 e. The minimum atomic E-state index is -1.07. The van der Waals surface area contributed by atoms with Gasteiger partial charge in [-0.3, -0.25) is 0 Å². The van der Waals surface area contributed by atoms with Crippen LogP contribution in [-0.4, -0.2) is 66.9 Å². The Morgan fingerprint density at radius 2 is 1.83 bits per heavy atom. The normalized spacial score (nSPS) is 22.3. The number of aliphatic hydroxyl groups is 1. The number of hydrogen-bond acceptors (Lipinski definition) is 4. The minimum Gasteiger partial charge on any atom is -0.385 e. The van der Waals surface area contributed by atoms with Crippen LogP contribution in [0.15, 0.2) is 48.5 Å². The third-order valence-electron chi connectivity index (χ3n) is 7.57. The summed E-state index contributed by atoms with van der Waals surface area (Å²) >= 11 is 6.15. The Hall–Kier alpha value is -2.12. The zero-order valence-corrected chi connectivity index (χ0v) is 21.4. The van der Waals surface area contributed by atoms with Gasteiger partial charge in [-0.25, -0.2) is 4.79 Å². The number of unbranched alkanes of at least 4 members (excludes halogenated alkanes) is 1. The quantitative estimate of drug-likeness (QED) is 0.507. The third-order valence-corrected chi connectivity index (χ3v) is 7.82. The lowest BCUT2D eigenvalue weighted by molar-refractivity contribution is -0.0571. The second-order valence-corrected chi connectivity index (χ2v) is 10.4. The predicted molar refractivity (Wildman–Crippen MR) is 140 cm³/mol. The van der Waals surface area contributed by atoms with Gasteiger partial charge in [0.1, 0.15) is 0 Å². The summed E-state index contributed by atoms with van der Waals surface area (Å²) in [5.74, 6) is -0.0625. The molecule has 2 saturated heterocycles. The Kier molecular flexibility index (Phi) is 8.71. The average Bonchev–Trinajstić information content (AvgIpc) is 3.33. The third kappa shape index (κ3) is 6.00. The number of ether oxygens (including phenoxy) is 1. The van der Waals surface area contributed by atoms with Crippen LogP contribution >= 0.6 is 11.6 Å². The molecule has 2 aromatic carbocycles. The van der Waals surface area contributed by atoms with E-state index in [0.717, 1.165) is 55.3 Å². The molecule has 190 valence electrons. The average molecular weight is 500 g/mol. The number of likely N-dealkylation sites (tertiary alicyclic amines) is 2. The molecule has 2 aliphatic rings. The van der Waals surface area contributed by atoms with Gasteiger partial charge in [-0.05, 0) is 67.3 Å². The molecule has 4 rings (SSSR count). The van der Waals surface area contributed by atoms with Crippen LogP contribution in [0.25, 0.3) is 11.1 Å². The highest BCUT2D eigenvalue weighted by Crippen LogP contribution is 2.44. The first kappa shape index (κ1) is 26.0. The number of piperidine rings is 1. The van der Waals surface area contributed by atoms with E-state index in [0.29, 0.717) is 37.7 Å². The molecule has 0 spiro atoms. The van der Waals surface area contributed by atoms with E-state index in [1.165, 1.54) is 0 Å². The highest BCUT2D eigenvalue weighted by atomic mass is 35.5. The van der Waals surface area contributed by atoms with E-state index in [4.69, 9.17) is 22.1 Å². The molecule has 2 aliphatic heterocycles. The van der Waals surface area contributed by atoms with Crippen molar-refractivity contribution >= 4 is 17.6 Å². The van der Waals surface area contributed by atoms with E-state index < -0.39 is 5.60 Å². The van der Waals surface area contributed by atoms with Crippen LogP contribution in [0.5, 0.6) is 0 Å². The summed E-state index contributed by atoms with van der Waals surface area (Å²) in [6.07, 6.45) is 4.93. The Labute approximate surface area is 214 Å². The number of amides is 2. The number of nitrogens with two attached hydrogens (primary N) is 1. The van der Waals surface area contributed by atoms with Crippen LogP contribution in [0.3, 0.4) is 0 Å². The fourth-order valence-corrected chi connectivity index (χ4v) is 5.77. The predicted octanol–water partition coefficient (Wildman–Crippen LogP) is 4.88. The molecule has 0 bridgehead atoms. The molecular formula is C28H38ClN3O3. The second kappa shape index (κ2) is 11.7. The Morgan fingerprint density at radius 3 is 2.54 bits per heavy atom. The van der Waals surface area contributed by atoms with E-state index in [1.54, 1.807) is 7.11 Å². The standard InChI is InChI=1S/C28H38ClN3O3/c1-35-18-5-4-15-28(34,26-9-3-2-8-25(26)21-10-12-23(29)13-11-21)22-7-6-16-31(19-22)27(33)32-17-14-24(30)20-32/h2-3,8-13,22,24,34H,4-7,14-20,30H2,1H3/t22?,24?,28-/m0/s1. The van der Waals surface area contributed by atoms with Gasteiger partial charge < -0.3 is 25.4 Å². The molecule has 0 radical (unpaired) electrons. The number of nitrogens with zero attached hydrogens (tertiary/aromatic N) is 2. The van der Waals surface area contributed by atoms with Gasteiger partial charge in [0.2, 0.25) is 0 Å². The van der Waals surface area contributed by atoms with Crippen molar-refractivity contribution in [3.63, 3.8) is 0 Å². The summed E-state index contributed by atoms with van der Waals surface area (Å²) in [6.45, 7) is 3.25. The fourth-order valence-electron chi connectivity index (χ4n) is 5.64. The van der Waals surface area contributed by atoms with Crippen molar-refractivity contribution in [2.45, 2.75) is 50.2 Å². The lowest BCUT2D eigenvalue weighted by Gasteiger charge is -2.44. The zero-order valence-electron chi connectivity index (χ0n) is 20.7. The maximum Gasteiger partial charge on any atom is 0.320 e. The number of urea groups is 1. The highest BCUT2D eigenvalue weighted by Gasteiger charge is 2.43. The van der Waals surface area contributed by atoms with Gasteiger partial charge in [-0.15, -0.1) is 0 Å². The summed E-state index contributed by atoms with van der Waals surface area (Å²) in [6, 6.07) is 16.0. The molecule has 3 N–H and O–H groups in total. The Bertz CT molecular complexity index is 986. The molecule has 2 amide bonds. The fraction of sp³-hybridized carbons (Fsp3) is 0.536. The van der Waals surface area contributed by atoms with E-state index in [2.05, 4.69) is 6.07 Å². The van der Waals surface area contributed by atoms with Crippen LogP contribution in [0.4, 0.5) is 4.79 Å². The van der Waals surface area contributed by atoms with Crippen molar-refractivity contribution in [3.05, 3.63) is 59.1 Å². The Morgan fingerprint density at radius 1 is 1.09 bits per heavy atom. The molecule has 2 aromatic rings. The van der Waals surface area contributed by atoms with Gasteiger partial charge in [-0.2, -0.15) is 0 Å². The summed E-state index contributed by atoms with van der Waals surface area (Å²) in [7, 11) is 1.71. The molecule has 0 saturated carbocycles. The van der Waals surface area contributed by atoms with Crippen LogP contribution < -0.4 is 5.73 Å². The van der Waals surface area contributed by atoms with Crippen molar-refractivity contribution in [1.82, 2.24) is 9.80 Å². The number of rotatable bonds is 8. The topological polar surface area (TPSA) is 79.0 Å². The maximum absolute atomic E-state index is 13.3. The molecule has 35 heavy (non-hydrogen) atoms. The van der Waals surface area contributed by atoms with E-state index in [-0.39, 0.29) is 18.0 Å². The minimum absolute atomic E-state index is 0.0513. The zero-order chi connectivity index (χ0) is 24.8. The monoisotopic (exact) mass is 499 g/mol. The van der Waals surface area contributed by atoms with Gasteiger partial charge in [0.05, 0.1) is 5.60 Å². The van der Waals surface area contributed by atoms with Crippen molar-refractivity contribution in [3.8, 4) is 11.1 Å². The Balaban J connectivity index is 1.64. The highest BCUT2D eigenvalue weighted by molar-refractivity contribution is 6.30. The number of carbonyl (C=O) groups is 1. The smallest absolute Gasteiger partial charge is 0.320 e. The van der Waals surface area contributed by atoms with Crippen molar-refractivity contribution in [1.29, 1.82) is 0 Å². The lowest BCUT2D eigenvalue weighted by Crippen LogP contribution is -2.51. The summed E-state index contributed by atoms with van der Waals surface area (Å²) in [4.78, 5) is 17.1. The molecule has 0 aromatic heterocycles. The van der Waals surface area contributed by atoms with E-state index in [1.807, 2.05) is 52.3 Å². The molecular weight excluding hydrogens is 462 g/mol.